The summed E-state index contributed by atoms with van der Waals surface area (Å²) in [6.07, 6.45) is 2.03. The first-order valence-corrected chi connectivity index (χ1v) is 11.9. The second-order valence-corrected chi connectivity index (χ2v) is 9.05. The van der Waals surface area contributed by atoms with Crippen LogP contribution in [0.15, 0.2) is 58.6 Å². The normalized spacial score (nSPS) is 15.5. The van der Waals surface area contributed by atoms with E-state index in [2.05, 4.69) is 15.1 Å². The van der Waals surface area contributed by atoms with Gasteiger partial charge in [0.05, 0.1) is 36.2 Å². The van der Waals surface area contributed by atoms with Crippen LogP contribution in [-0.2, 0) is 4.79 Å². The number of rotatable bonds is 7. The SMILES string of the molecule is COc1ccc([C@@H]2CC(c3cccs3)=NN2C(=O)COc2ncnc3sccc23)cc1OC. The third-order valence-electron chi connectivity index (χ3n) is 5.32. The molecule has 0 saturated carbocycles. The van der Waals surface area contributed by atoms with Gasteiger partial charge in [0.2, 0.25) is 5.88 Å². The van der Waals surface area contributed by atoms with Crippen LogP contribution in [0.4, 0.5) is 0 Å². The number of fused-ring (bicyclic) bond motifs is 1. The van der Waals surface area contributed by atoms with Gasteiger partial charge in [0, 0.05) is 6.42 Å². The van der Waals surface area contributed by atoms with Crippen molar-refractivity contribution in [1.29, 1.82) is 0 Å². The minimum Gasteiger partial charge on any atom is -0.493 e. The highest BCUT2D eigenvalue weighted by molar-refractivity contribution is 7.16. The average Bonchev–Trinajstić information content (AvgIpc) is 3.61. The molecule has 4 aromatic rings. The maximum absolute atomic E-state index is 13.3. The topological polar surface area (TPSA) is 86.1 Å². The van der Waals surface area contributed by atoms with E-state index >= 15 is 0 Å². The van der Waals surface area contributed by atoms with E-state index in [1.165, 1.54) is 22.7 Å². The predicted octanol–water partition coefficient (Wildman–Crippen LogP) is 4.53. The second kappa shape index (κ2) is 9.16. The molecule has 8 nitrogen and oxygen atoms in total. The van der Waals surface area contributed by atoms with Crippen molar-refractivity contribution in [2.24, 2.45) is 5.10 Å². The third-order valence-corrected chi connectivity index (χ3v) is 7.06. The second-order valence-electron chi connectivity index (χ2n) is 7.20. The lowest BCUT2D eigenvalue weighted by Crippen LogP contribution is -2.31. The maximum atomic E-state index is 13.3. The molecule has 4 heterocycles. The van der Waals surface area contributed by atoms with E-state index in [0.29, 0.717) is 23.8 Å². The number of nitrogens with zero attached hydrogens (tertiary/aromatic N) is 4. The summed E-state index contributed by atoms with van der Waals surface area (Å²) in [5.41, 5.74) is 1.76. The number of hydrazone groups is 1. The molecule has 0 bridgehead atoms. The lowest BCUT2D eigenvalue weighted by molar-refractivity contribution is -0.135. The van der Waals surface area contributed by atoms with E-state index in [4.69, 9.17) is 14.2 Å². The molecular weight excluding hydrogens is 460 g/mol. The average molecular weight is 481 g/mol. The molecule has 10 heteroatoms. The van der Waals surface area contributed by atoms with Gasteiger partial charge >= 0.3 is 0 Å². The van der Waals surface area contributed by atoms with Gasteiger partial charge in [-0.15, -0.1) is 22.7 Å². The van der Waals surface area contributed by atoms with Crippen molar-refractivity contribution in [3.63, 3.8) is 0 Å². The van der Waals surface area contributed by atoms with Crippen molar-refractivity contribution in [3.8, 4) is 17.4 Å². The Morgan fingerprint density at radius 1 is 1.09 bits per heavy atom. The van der Waals surface area contributed by atoms with E-state index in [0.717, 1.165) is 26.4 Å². The van der Waals surface area contributed by atoms with Gasteiger partial charge in [-0.2, -0.15) is 5.10 Å². The van der Waals surface area contributed by atoms with Gasteiger partial charge in [-0.25, -0.2) is 15.0 Å². The smallest absolute Gasteiger partial charge is 0.281 e. The molecule has 1 aliphatic heterocycles. The maximum Gasteiger partial charge on any atom is 0.281 e. The first-order chi connectivity index (χ1) is 16.2. The van der Waals surface area contributed by atoms with Crippen molar-refractivity contribution in [2.75, 3.05) is 20.8 Å². The summed E-state index contributed by atoms with van der Waals surface area (Å²) in [5, 5.41) is 10.9. The lowest BCUT2D eigenvalue weighted by Gasteiger charge is -2.23. The van der Waals surface area contributed by atoms with Crippen molar-refractivity contribution >= 4 is 44.5 Å². The van der Waals surface area contributed by atoms with Crippen molar-refractivity contribution in [3.05, 3.63) is 63.9 Å². The van der Waals surface area contributed by atoms with E-state index in [9.17, 15) is 4.79 Å². The molecule has 1 aromatic carbocycles. The first kappa shape index (κ1) is 21.4. The zero-order valence-corrected chi connectivity index (χ0v) is 19.6. The third kappa shape index (κ3) is 4.14. The summed E-state index contributed by atoms with van der Waals surface area (Å²) in [6.45, 7) is -0.188. The predicted molar refractivity (Wildman–Crippen MR) is 128 cm³/mol. The number of methoxy groups -OCH3 is 2. The van der Waals surface area contributed by atoms with Gasteiger partial charge in [0.25, 0.3) is 5.91 Å². The van der Waals surface area contributed by atoms with Crippen LogP contribution in [0.5, 0.6) is 17.4 Å². The van der Waals surface area contributed by atoms with Crippen LogP contribution < -0.4 is 14.2 Å². The molecule has 5 rings (SSSR count). The molecule has 1 amide bonds. The highest BCUT2D eigenvalue weighted by atomic mass is 32.1. The van der Waals surface area contributed by atoms with Crippen LogP contribution in [0.25, 0.3) is 10.2 Å². The standard InChI is InChI=1S/C23H20N4O4S2/c1-29-18-6-5-14(10-19(18)30-2)17-11-16(20-4-3-8-32-20)26-27(17)21(28)12-31-22-15-7-9-33-23(15)25-13-24-22/h3-10,13,17H,11-12H2,1-2H3/t17-/m0/s1. The Morgan fingerprint density at radius 3 is 2.76 bits per heavy atom. The van der Waals surface area contributed by atoms with Crippen molar-refractivity contribution < 1.29 is 19.0 Å². The molecule has 33 heavy (non-hydrogen) atoms. The molecule has 0 radical (unpaired) electrons. The summed E-state index contributed by atoms with van der Waals surface area (Å²) in [7, 11) is 3.18. The molecule has 0 fully saturated rings. The summed E-state index contributed by atoms with van der Waals surface area (Å²) in [4.78, 5) is 23.5. The Bertz CT molecular complexity index is 1320. The number of hydrogen-bond donors (Lipinski definition) is 0. The van der Waals surface area contributed by atoms with Gasteiger partial charge in [0.15, 0.2) is 18.1 Å². The fraction of sp³-hybridized carbons (Fsp3) is 0.217. The molecule has 0 saturated heterocycles. The van der Waals surface area contributed by atoms with Crippen LogP contribution >= 0.6 is 22.7 Å². The van der Waals surface area contributed by atoms with Gasteiger partial charge in [0.1, 0.15) is 11.2 Å². The lowest BCUT2D eigenvalue weighted by atomic mass is 10.0. The number of aromatic nitrogens is 2. The number of amides is 1. The largest absolute Gasteiger partial charge is 0.493 e. The molecule has 0 spiro atoms. The van der Waals surface area contributed by atoms with Gasteiger partial charge in [-0.3, -0.25) is 4.79 Å². The van der Waals surface area contributed by atoms with Crippen LogP contribution in [-0.4, -0.2) is 47.4 Å². The molecule has 0 aliphatic carbocycles. The number of thiophene rings is 2. The zero-order valence-electron chi connectivity index (χ0n) is 17.9. The molecule has 168 valence electrons. The number of hydrogen-bond acceptors (Lipinski definition) is 9. The Hall–Kier alpha value is -3.50. The molecule has 0 N–H and O–H groups in total. The first-order valence-electron chi connectivity index (χ1n) is 10.1. The van der Waals surface area contributed by atoms with Gasteiger partial charge in [-0.1, -0.05) is 12.1 Å². The Morgan fingerprint density at radius 2 is 1.97 bits per heavy atom. The minimum absolute atomic E-state index is 0.188. The van der Waals surface area contributed by atoms with E-state index < -0.39 is 0 Å². The number of carbonyl (C=O) groups is 1. The van der Waals surface area contributed by atoms with Gasteiger partial charge in [-0.05, 0) is 40.6 Å². The van der Waals surface area contributed by atoms with Crippen molar-refractivity contribution in [1.82, 2.24) is 15.0 Å². The highest BCUT2D eigenvalue weighted by Gasteiger charge is 2.34. The fourth-order valence-electron chi connectivity index (χ4n) is 3.73. The highest BCUT2D eigenvalue weighted by Crippen LogP contribution is 2.38. The minimum atomic E-state index is -0.287. The molecular formula is C23H20N4O4S2. The van der Waals surface area contributed by atoms with E-state index in [1.807, 2.05) is 47.2 Å². The molecule has 3 aromatic heterocycles. The molecule has 1 atom stereocenters. The van der Waals surface area contributed by atoms with Crippen LogP contribution in [0.1, 0.15) is 22.9 Å². The zero-order chi connectivity index (χ0) is 22.8. The number of ether oxygens (including phenoxy) is 3. The van der Waals surface area contributed by atoms with E-state index in [-0.39, 0.29) is 18.6 Å². The summed E-state index contributed by atoms with van der Waals surface area (Å²) < 4.78 is 16.6. The summed E-state index contributed by atoms with van der Waals surface area (Å²) in [6, 6.07) is 11.2. The molecule has 1 aliphatic rings. The summed E-state index contributed by atoms with van der Waals surface area (Å²) >= 11 is 3.09. The quantitative estimate of drug-likeness (QED) is 0.386. The monoisotopic (exact) mass is 480 g/mol. The number of benzene rings is 1. The summed E-state index contributed by atoms with van der Waals surface area (Å²) in [5.74, 6) is 1.36. The van der Waals surface area contributed by atoms with E-state index in [1.54, 1.807) is 25.6 Å². The van der Waals surface area contributed by atoms with Crippen LogP contribution in [0, 0.1) is 0 Å². The van der Waals surface area contributed by atoms with Gasteiger partial charge < -0.3 is 14.2 Å². The van der Waals surface area contributed by atoms with Crippen LogP contribution in [0.2, 0.25) is 0 Å². The Balaban J connectivity index is 1.42. The number of carbonyl (C=O) groups excluding carboxylic acids is 1. The Kier molecular flexibility index (Phi) is 5.93. The van der Waals surface area contributed by atoms with Crippen LogP contribution in [0.3, 0.4) is 0 Å². The Labute approximate surface area is 198 Å². The van der Waals surface area contributed by atoms with Crippen molar-refractivity contribution in [2.45, 2.75) is 12.5 Å². The molecule has 0 unspecified atom stereocenters. The fourth-order valence-corrected chi connectivity index (χ4v) is 5.17.